The summed E-state index contributed by atoms with van der Waals surface area (Å²) in [6, 6.07) is 5.66. The van der Waals surface area contributed by atoms with Gasteiger partial charge in [0, 0.05) is 12.2 Å². The van der Waals surface area contributed by atoms with Crippen LogP contribution >= 0.6 is 24.8 Å². The van der Waals surface area contributed by atoms with Crippen LogP contribution in [0, 0.1) is 6.92 Å². The zero-order valence-corrected chi connectivity index (χ0v) is 16.3. The highest BCUT2D eigenvalue weighted by Gasteiger charge is 2.21. The van der Waals surface area contributed by atoms with Gasteiger partial charge in [-0.25, -0.2) is 0 Å². The van der Waals surface area contributed by atoms with Crippen LogP contribution in [0.5, 0.6) is 5.75 Å². The van der Waals surface area contributed by atoms with Crippen molar-refractivity contribution in [2.75, 3.05) is 31.6 Å². The summed E-state index contributed by atoms with van der Waals surface area (Å²) >= 11 is 0. The number of hydrogen-bond acceptors (Lipinski definition) is 4. The maximum absolute atomic E-state index is 11.9. The van der Waals surface area contributed by atoms with Gasteiger partial charge in [0.1, 0.15) is 12.4 Å². The third kappa shape index (κ3) is 6.85. The van der Waals surface area contributed by atoms with Crippen LogP contribution in [-0.2, 0) is 4.79 Å². The molecule has 0 radical (unpaired) electrons. The van der Waals surface area contributed by atoms with Crippen LogP contribution in [-0.4, -0.2) is 42.6 Å². The van der Waals surface area contributed by atoms with Crippen molar-refractivity contribution in [2.45, 2.75) is 39.2 Å². The first-order valence-corrected chi connectivity index (χ1v) is 7.92. The predicted octanol–water partition coefficient (Wildman–Crippen LogP) is 2.99. The lowest BCUT2D eigenvalue weighted by molar-refractivity contribution is -0.120. The number of carbonyl (C=O) groups is 1. The average molecular weight is 378 g/mol. The standard InChI is InChI=1S/C17H27N3O2.2ClH/c1-13-12-14(19-16(21)17(2,3)18)6-7-15(13)22-11-10-20-8-4-5-9-20;;/h6-7,12H,4-5,8-11,18H2,1-3H3,(H,19,21);2*1H. The fourth-order valence-electron chi connectivity index (χ4n) is 2.47. The van der Waals surface area contributed by atoms with Gasteiger partial charge in [0.15, 0.2) is 0 Å². The number of hydrogen-bond donors (Lipinski definition) is 2. The average Bonchev–Trinajstić information content (AvgIpc) is 2.93. The summed E-state index contributed by atoms with van der Waals surface area (Å²) in [5.74, 6) is 0.666. The molecule has 0 spiro atoms. The Morgan fingerprint density at radius 2 is 1.92 bits per heavy atom. The smallest absolute Gasteiger partial charge is 0.243 e. The third-order valence-corrected chi connectivity index (χ3v) is 3.88. The molecule has 2 rings (SSSR count). The number of carbonyl (C=O) groups excluding carboxylic acids is 1. The molecule has 1 fully saturated rings. The van der Waals surface area contributed by atoms with Gasteiger partial charge in [-0.05, 0) is 70.5 Å². The lowest BCUT2D eigenvalue weighted by Crippen LogP contribution is -2.45. The number of likely N-dealkylation sites (tertiary alicyclic amines) is 1. The van der Waals surface area contributed by atoms with E-state index in [9.17, 15) is 4.79 Å². The first kappa shape index (κ1) is 23.0. The number of nitrogens with one attached hydrogen (secondary N) is 1. The van der Waals surface area contributed by atoms with E-state index in [4.69, 9.17) is 10.5 Å². The summed E-state index contributed by atoms with van der Waals surface area (Å²) in [7, 11) is 0. The van der Waals surface area contributed by atoms with E-state index < -0.39 is 5.54 Å². The minimum absolute atomic E-state index is 0. The van der Waals surface area contributed by atoms with E-state index in [0.29, 0.717) is 6.61 Å². The van der Waals surface area contributed by atoms with Crippen LogP contribution in [0.1, 0.15) is 32.3 Å². The van der Waals surface area contributed by atoms with E-state index in [2.05, 4.69) is 10.2 Å². The highest BCUT2D eigenvalue weighted by atomic mass is 35.5. The minimum atomic E-state index is -0.890. The van der Waals surface area contributed by atoms with E-state index in [1.807, 2.05) is 25.1 Å². The van der Waals surface area contributed by atoms with Crippen molar-refractivity contribution in [1.29, 1.82) is 0 Å². The molecule has 138 valence electrons. The number of aryl methyl sites for hydroxylation is 1. The quantitative estimate of drug-likeness (QED) is 0.799. The van der Waals surface area contributed by atoms with E-state index >= 15 is 0 Å². The molecule has 1 heterocycles. The van der Waals surface area contributed by atoms with Crippen molar-refractivity contribution in [3.05, 3.63) is 23.8 Å². The summed E-state index contributed by atoms with van der Waals surface area (Å²) in [4.78, 5) is 14.3. The molecular weight excluding hydrogens is 349 g/mol. The molecule has 24 heavy (non-hydrogen) atoms. The number of rotatable bonds is 6. The summed E-state index contributed by atoms with van der Waals surface area (Å²) in [6.07, 6.45) is 2.59. The summed E-state index contributed by atoms with van der Waals surface area (Å²) in [5.41, 5.74) is 6.64. The van der Waals surface area contributed by atoms with Crippen molar-refractivity contribution in [1.82, 2.24) is 4.90 Å². The summed E-state index contributed by atoms with van der Waals surface area (Å²) in [5, 5.41) is 2.82. The molecule has 0 unspecified atom stereocenters. The van der Waals surface area contributed by atoms with Crippen LogP contribution in [0.2, 0.25) is 0 Å². The number of amides is 1. The number of nitrogens with zero attached hydrogens (tertiary/aromatic N) is 1. The third-order valence-electron chi connectivity index (χ3n) is 3.88. The van der Waals surface area contributed by atoms with Crippen molar-refractivity contribution in [3.8, 4) is 5.75 Å². The fourth-order valence-corrected chi connectivity index (χ4v) is 2.47. The number of ether oxygens (including phenoxy) is 1. The normalized spacial score (nSPS) is 14.5. The topological polar surface area (TPSA) is 67.6 Å². The highest BCUT2D eigenvalue weighted by molar-refractivity contribution is 5.97. The van der Waals surface area contributed by atoms with Gasteiger partial charge in [-0.2, -0.15) is 0 Å². The molecule has 1 aliphatic rings. The molecule has 1 amide bonds. The Balaban J connectivity index is 0.00000264. The van der Waals surface area contributed by atoms with Crippen LogP contribution < -0.4 is 15.8 Å². The maximum atomic E-state index is 11.9. The number of nitrogens with two attached hydrogens (primary N) is 1. The molecule has 3 N–H and O–H groups in total. The molecule has 1 saturated heterocycles. The molecule has 0 bridgehead atoms. The van der Waals surface area contributed by atoms with Crippen LogP contribution in [0.4, 0.5) is 5.69 Å². The van der Waals surface area contributed by atoms with Gasteiger partial charge in [-0.15, -0.1) is 24.8 Å². The highest BCUT2D eigenvalue weighted by Crippen LogP contribution is 2.22. The largest absolute Gasteiger partial charge is 0.492 e. The minimum Gasteiger partial charge on any atom is -0.492 e. The zero-order chi connectivity index (χ0) is 16.2. The number of anilines is 1. The predicted molar refractivity (Wildman–Crippen MR) is 104 cm³/mol. The Kier molecular flexibility index (Phi) is 9.66. The van der Waals surface area contributed by atoms with E-state index in [-0.39, 0.29) is 30.7 Å². The molecule has 0 aromatic heterocycles. The monoisotopic (exact) mass is 377 g/mol. The Labute approximate surface area is 157 Å². The van der Waals surface area contributed by atoms with E-state index in [1.165, 1.54) is 25.9 Å². The Hall–Kier alpha value is -1.01. The first-order valence-electron chi connectivity index (χ1n) is 7.92. The molecule has 7 heteroatoms. The van der Waals surface area contributed by atoms with Gasteiger partial charge in [0.2, 0.25) is 5.91 Å². The van der Waals surface area contributed by atoms with Crippen molar-refractivity contribution < 1.29 is 9.53 Å². The molecule has 1 aromatic rings. The van der Waals surface area contributed by atoms with Gasteiger partial charge in [-0.1, -0.05) is 0 Å². The molecule has 0 saturated carbocycles. The van der Waals surface area contributed by atoms with Crippen LogP contribution in [0.15, 0.2) is 18.2 Å². The second kappa shape index (κ2) is 10.1. The molecule has 0 atom stereocenters. The molecule has 1 aliphatic heterocycles. The number of halogens is 2. The van der Waals surface area contributed by atoms with Crippen LogP contribution in [0.3, 0.4) is 0 Å². The van der Waals surface area contributed by atoms with Gasteiger partial charge >= 0.3 is 0 Å². The van der Waals surface area contributed by atoms with E-state index in [1.54, 1.807) is 13.8 Å². The Bertz CT molecular complexity index is 527. The zero-order valence-electron chi connectivity index (χ0n) is 14.6. The van der Waals surface area contributed by atoms with Crippen molar-refractivity contribution in [2.24, 2.45) is 5.73 Å². The van der Waals surface area contributed by atoms with Crippen molar-refractivity contribution >= 4 is 36.4 Å². The molecule has 0 aliphatic carbocycles. The van der Waals surface area contributed by atoms with Gasteiger partial charge in [0.25, 0.3) is 0 Å². The van der Waals surface area contributed by atoms with Gasteiger partial charge < -0.3 is 15.8 Å². The fraction of sp³-hybridized carbons (Fsp3) is 0.588. The second-order valence-electron chi connectivity index (χ2n) is 6.55. The molecule has 5 nitrogen and oxygen atoms in total. The van der Waals surface area contributed by atoms with Gasteiger partial charge in [-0.3, -0.25) is 9.69 Å². The lowest BCUT2D eigenvalue weighted by Gasteiger charge is -2.19. The Morgan fingerprint density at radius 3 is 2.46 bits per heavy atom. The van der Waals surface area contributed by atoms with E-state index in [0.717, 1.165) is 23.5 Å². The second-order valence-corrected chi connectivity index (χ2v) is 6.55. The SMILES string of the molecule is Cc1cc(NC(=O)C(C)(C)N)ccc1OCCN1CCCC1.Cl.Cl. The molecular formula is C17H29Cl2N3O2. The van der Waals surface area contributed by atoms with Crippen molar-refractivity contribution in [3.63, 3.8) is 0 Å². The Morgan fingerprint density at radius 1 is 1.29 bits per heavy atom. The maximum Gasteiger partial charge on any atom is 0.243 e. The first-order chi connectivity index (χ1) is 10.4. The summed E-state index contributed by atoms with van der Waals surface area (Å²) < 4.78 is 5.85. The molecule has 1 aromatic carbocycles. The van der Waals surface area contributed by atoms with Crippen LogP contribution in [0.25, 0.3) is 0 Å². The lowest BCUT2D eigenvalue weighted by atomic mass is 10.1. The van der Waals surface area contributed by atoms with Gasteiger partial charge in [0.05, 0.1) is 5.54 Å². The summed E-state index contributed by atoms with van der Waals surface area (Å²) in [6.45, 7) is 9.39. The number of benzene rings is 1.